The van der Waals surface area contributed by atoms with Gasteiger partial charge in [0.15, 0.2) is 5.96 Å². The van der Waals surface area contributed by atoms with E-state index in [0.29, 0.717) is 10.7 Å². The number of guanidine groups is 2. The van der Waals surface area contributed by atoms with Crippen molar-refractivity contribution < 1.29 is 0 Å². The van der Waals surface area contributed by atoms with Gasteiger partial charge in [-0.25, -0.2) is 4.99 Å². The summed E-state index contributed by atoms with van der Waals surface area (Å²) in [4.78, 5) is 7.73. The van der Waals surface area contributed by atoms with Crippen molar-refractivity contribution in [3.8, 4) is 0 Å². The van der Waals surface area contributed by atoms with E-state index in [2.05, 4.69) is 30.8 Å². The third-order valence-electron chi connectivity index (χ3n) is 2.27. The quantitative estimate of drug-likeness (QED) is 0.534. The lowest BCUT2D eigenvalue weighted by Gasteiger charge is -2.21. The fraction of sp³-hybridized carbons (Fsp3) is 0.333. The number of hydrogen-bond donors (Lipinski definition) is 3. The molecular formula is C12H18ClN5. The lowest BCUT2D eigenvalue weighted by atomic mass is 9.87. The maximum Gasteiger partial charge on any atom is 0.223 e. The Morgan fingerprint density at radius 2 is 1.78 bits per heavy atom. The highest BCUT2D eigenvalue weighted by Crippen LogP contribution is 2.35. The Labute approximate surface area is 112 Å². The van der Waals surface area contributed by atoms with Crippen LogP contribution in [0.2, 0.25) is 5.02 Å². The molecule has 1 aromatic rings. The highest BCUT2D eigenvalue weighted by molar-refractivity contribution is 6.34. The summed E-state index contributed by atoms with van der Waals surface area (Å²) >= 11 is 6.30. The molecule has 0 aliphatic carbocycles. The largest absolute Gasteiger partial charge is 0.370 e. The molecular weight excluding hydrogens is 250 g/mol. The Bertz CT molecular complexity index is 496. The van der Waals surface area contributed by atoms with Crippen LogP contribution in [-0.4, -0.2) is 11.9 Å². The topological polar surface area (TPSA) is 103 Å². The molecule has 6 heteroatoms. The number of halogens is 1. The Morgan fingerprint density at radius 3 is 2.28 bits per heavy atom. The van der Waals surface area contributed by atoms with Gasteiger partial charge in [-0.3, -0.25) is 0 Å². The summed E-state index contributed by atoms with van der Waals surface area (Å²) in [6.07, 6.45) is 0. The highest BCUT2D eigenvalue weighted by Gasteiger charge is 2.18. The summed E-state index contributed by atoms with van der Waals surface area (Å²) in [6.45, 7) is 6.21. The second-order valence-corrected chi connectivity index (χ2v) is 5.27. The molecule has 0 aliphatic rings. The lowest BCUT2D eigenvalue weighted by Crippen LogP contribution is -2.26. The molecule has 0 bridgehead atoms. The third kappa shape index (κ3) is 3.63. The first-order chi connectivity index (χ1) is 8.21. The first-order valence-electron chi connectivity index (χ1n) is 5.44. The third-order valence-corrected chi connectivity index (χ3v) is 2.66. The molecule has 0 unspecified atom stereocenters. The van der Waals surface area contributed by atoms with Crippen molar-refractivity contribution in [2.24, 2.45) is 27.2 Å². The van der Waals surface area contributed by atoms with Gasteiger partial charge in [-0.1, -0.05) is 44.5 Å². The molecule has 1 rings (SSSR count). The molecule has 0 radical (unpaired) electrons. The lowest BCUT2D eigenvalue weighted by molar-refractivity contribution is 0.590. The number of benzene rings is 1. The molecule has 0 saturated carbocycles. The molecule has 18 heavy (non-hydrogen) atoms. The number of hydrogen-bond acceptors (Lipinski definition) is 1. The van der Waals surface area contributed by atoms with Crippen LogP contribution in [-0.2, 0) is 5.41 Å². The summed E-state index contributed by atoms with van der Waals surface area (Å²) in [7, 11) is 0. The Kier molecular flexibility index (Phi) is 4.19. The van der Waals surface area contributed by atoms with Crippen LogP contribution in [0.4, 0.5) is 5.69 Å². The van der Waals surface area contributed by atoms with E-state index in [9.17, 15) is 0 Å². The molecule has 6 N–H and O–H groups in total. The Morgan fingerprint density at radius 1 is 1.17 bits per heavy atom. The van der Waals surface area contributed by atoms with E-state index in [0.717, 1.165) is 5.56 Å². The molecule has 0 saturated heterocycles. The van der Waals surface area contributed by atoms with Crippen molar-refractivity contribution in [1.29, 1.82) is 0 Å². The van der Waals surface area contributed by atoms with Crippen molar-refractivity contribution in [3.63, 3.8) is 0 Å². The minimum atomic E-state index is -0.139. The molecule has 0 fully saturated rings. The van der Waals surface area contributed by atoms with E-state index < -0.39 is 0 Å². The summed E-state index contributed by atoms with van der Waals surface area (Å²) in [5.74, 6) is -0.165. The molecule has 0 aliphatic heterocycles. The van der Waals surface area contributed by atoms with Gasteiger partial charge in [0.05, 0.1) is 10.7 Å². The van der Waals surface area contributed by atoms with Crippen LogP contribution in [0, 0.1) is 0 Å². The van der Waals surface area contributed by atoms with Crippen molar-refractivity contribution in [3.05, 3.63) is 28.8 Å². The number of nitrogens with two attached hydrogens (primary N) is 3. The van der Waals surface area contributed by atoms with Gasteiger partial charge in [0, 0.05) is 0 Å². The average molecular weight is 268 g/mol. The summed E-state index contributed by atoms with van der Waals surface area (Å²) in [5.41, 5.74) is 17.5. The molecule has 0 atom stereocenters. The van der Waals surface area contributed by atoms with E-state index >= 15 is 0 Å². The maximum absolute atomic E-state index is 6.30. The number of nitrogens with zero attached hydrogens (tertiary/aromatic N) is 2. The zero-order valence-corrected chi connectivity index (χ0v) is 11.5. The fourth-order valence-corrected chi connectivity index (χ4v) is 1.92. The van der Waals surface area contributed by atoms with Crippen LogP contribution in [0.3, 0.4) is 0 Å². The van der Waals surface area contributed by atoms with Gasteiger partial charge >= 0.3 is 0 Å². The van der Waals surface area contributed by atoms with Gasteiger partial charge in [0.1, 0.15) is 0 Å². The number of rotatable bonds is 1. The second-order valence-electron chi connectivity index (χ2n) is 4.90. The predicted octanol–water partition coefficient (Wildman–Crippen LogP) is 1.86. The fourth-order valence-electron chi connectivity index (χ4n) is 1.47. The van der Waals surface area contributed by atoms with Crippen molar-refractivity contribution in [2.45, 2.75) is 26.2 Å². The van der Waals surface area contributed by atoms with Gasteiger partial charge < -0.3 is 17.2 Å². The number of aliphatic imine (C=N–C) groups is 2. The average Bonchev–Trinajstić information content (AvgIpc) is 2.18. The van der Waals surface area contributed by atoms with Gasteiger partial charge in [-0.2, -0.15) is 4.99 Å². The van der Waals surface area contributed by atoms with Crippen molar-refractivity contribution >= 4 is 29.2 Å². The van der Waals surface area contributed by atoms with Crippen LogP contribution in [0.5, 0.6) is 0 Å². The standard InChI is InChI=1S/C12H18ClN5/c1-12(2,3)7-5-4-6-8(9(7)13)17-11(16)18-10(14)15/h4-6H,1-3H3,(H6,14,15,16,17,18). The van der Waals surface area contributed by atoms with E-state index in [-0.39, 0.29) is 17.3 Å². The normalized spacial score (nSPS) is 12.3. The first-order valence-corrected chi connectivity index (χ1v) is 5.82. The molecule has 0 amide bonds. The van der Waals surface area contributed by atoms with Crippen LogP contribution in [0.25, 0.3) is 0 Å². The highest BCUT2D eigenvalue weighted by atomic mass is 35.5. The van der Waals surface area contributed by atoms with E-state index in [1.54, 1.807) is 6.07 Å². The maximum atomic E-state index is 6.30. The zero-order chi connectivity index (χ0) is 13.9. The van der Waals surface area contributed by atoms with E-state index in [1.807, 2.05) is 12.1 Å². The molecule has 0 spiro atoms. The van der Waals surface area contributed by atoms with E-state index in [1.165, 1.54) is 0 Å². The van der Waals surface area contributed by atoms with Crippen LogP contribution < -0.4 is 17.2 Å². The van der Waals surface area contributed by atoms with Crippen LogP contribution in [0.1, 0.15) is 26.3 Å². The van der Waals surface area contributed by atoms with Gasteiger partial charge in [-0.15, -0.1) is 0 Å². The van der Waals surface area contributed by atoms with Gasteiger partial charge in [0.2, 0.25) is 5.96 Å². The van der Waals surface area contributed by atoms with Crippen molar-refractivity contribution in [1.82, 2.24) is 0 Å². The second kappa shape index (κ2) is 5.27. The summed E-state index contributed by atoms with van der Waals surface area (Å²) < 4.78 is 0. The monoisotopic (exact) mass is 267 g/mol. The SMILES string of the molecule is CC(C)(C)c1cccc(N=C(N)N=C(N)N)c1Cl. The van der Waals surface area contributed by atoms with Crippen molar-refractivity contribution in [2.75, 3.05) is 0 Å². The van der Waals surface area contributed by atoms with Gasteiger partial charge in [0.25, 0.3) is 0 Å². The summed E-state index contributed by atoms with van der Waals surface area (Å²) in [5, 5.41) is 0.554. The Hall–Kier alpha value is -1.75. The van der Waals surface area contributed by atoms with Crippen LogP contribution in [0.15, 0.2) is 28.2 Å². The van der Waals surface area contributed by atoms with Gasteiger partial charge in [-0.05, 0) is 17.0 Å². The minimum absolute atomic E-state index is 0.0250. The zero-order valence-electron chi connectivity index (χ0n) is 10.7. The molecule has 98 valence electrons. The Balaban J connectivity index is 3.25. The smallest absolute Gasteiger partial charge is 0.223 e. The molecule has 5 nitrogen and oxygen atoms in total. The van der Waals surface area contributed by atoms with Crippen LogP contribution >= 0.6 is 11.6 Å². The summed E-state index contributed by atoms with van der Waals surface area (Å²) in [6, 6.07) is 5.58. The molecule has 0 aromatic heterocycles. The molecule has 0 heterocycles. The predicted molar refractivity (Wildman–Crippen MR) is 77.2 cm³/mol. The first kappa shape index (κ1) is 14.3. The minimum Gasteiger partial charge on any atom is -0.370 e. The van der Waals surface area contributed by atoms with E-state index in [4.69, 9.17) is 28.8 Å². The molecule has 1 aromatic carbocycles.